The number of carbonyl (C=O) groups is 1. The van der Waals surface area contributed by atoms with Gasteiger partial charge in [0, 0.05) is 0 Å². The molecule has 3 rings (SSSR count). The minimum absolute atomic E-state index is 0.174. The molecule has 122 valence electrons. The second-order valence-corrected chi connectivity index (χ2v) is 5.36. The maximum absolute atomic E-state index is 12.0. The van der Waals surface area contributed by atoms with E-state index in [0.29, 0.717) is 16.3 Å². The largest absolute Gasteiger partial charge is 0.497 e. The van der Waals surface area contributed by atoms with Crippen molar-refractivity contribution >= 4 is 29.5 Å². The Kier molecular flexibility index (Phi) is 4.53. The highest BCUT2D eigenvalue weighted by Crippen LogP contribution is 2.27. The number of methoxy groups -OCH3 is 2. The average molecular weight is 344 g/mol. The maximum Gasteiger partial charge on any atom is 0.363 e. The summed E-state index contributed by atoms with van der Waals surface area (Å²) < 4.78 is 15.4. The number of cyclic esters (lactones) is 1. The minimum Gasteiger partial charge on any atom is -0.497 e. The smallest absolute Gasteiger partial charge is 0.363 e. The monoisotopic (exact) mass is 343 g/mol. The van der Waals surface area contributed by atoms with Gasteiger partial charge >= 0.3 is 5.97 Å². The molecule has 0 unspecified atom stereocenters. The van der Waals surface area contributed by atoms with E-state index in [1.807, 2.05) is 12.1 Å². The van der Waals surface area contributed by atoms with Gasteiger partial charge in [0.25, 0.3) is 0 Å². The third kappa shape index (κ3) is 3.26. The van der Waals surface area contributed by atoms with Gasteiger partial charge in [-0.05, 0) is 42.0 Å². The third-order valence-electron chi connectivity index (χ3n) is 3.45. The van der Waals surface area contributed by atoms with Gasteiger partial charge < -0.3 is 14.2 Å². The number of rotatable bonds is 4. The van der Waals surface area contributed by atoms with Crippen LogP contribution in [0.4, 0.5) is 0 Å². The topological polar surface area (TPSA) is 57.1 Å². The molecule has 1 aliphatic heterocycles. The molecule has 0 saturated heterocycles. The number of hydrogen-bond donors (Lipinski definition) is 0. The summed E-state index contributed by atoms with van der Waals surface area (Å²) in [6.07, 6.45) is 1.65. The van der Waals surface area contributed by atoms with Crippen LogP contribution >= 0.6 is 11.6 Å². The van der Waals surface area contributed by atoms with Gasteiger partial charge in [0.1, 0.15) is 11.5 Å². The Hall–Kier alpha value is -2.79. The number of aliphatic imine (C=N–C) groups is 1. The van der Waals surface area contributed by atoms with Crippen LogP contribution in [0.1, 0.15) is 11.1 Å². The quantitative estimate of drug-likeness (QED) is 0.627. The van der Waals surface area contributed by atoms with Gasteiger partial charge in [-0.15, -0.1) is 0 Å². The summed E-state index contributed by atoms with van der Waals surface area (Å²) in [6, 6.07) is 12.3. The fourth-order valence-electron chi connectivity index (χ4n) is 2.18. The van der Waals surface area contributed by atoms with Crippen LogP contribution in [0.15, 0.2) is 53.2 Å². The summed E-state index contributed by atoms with van der Waals surface area (Å²) in [7, 11) is 3.14. The van der Waals surface area contributed by atoms with E-state index in [9.17, 15) is 4.79 Å². The first-order valence-electron chi connectivity index (χ1n) is 7.11. The summed E-state index contributed by atoms with van der Waals surface area (Å²) in [5.74, 6) is 1.00. The lowest BCUT2D eigenvalue weighted by Gasteiger charge is -2.05. The fourth-order valence-corrected chi connectivity index (χ4v) is 2.43. The Labute approximate surface area is 144 Å². The zero-order chi connectivity index (χ0) is 17.1. The molecule has 2 aromatic rings. The fraction of sp³-hybridized carbons (Fsp3) is 0.111. The van der Waals surface area contributed by atoms with E-state index < -0.39 is 5.97 Å². The highest BCUT2D eigenvalue weighted by atomic mass is 35.5. The number of carbonyl (C=O) groups excluding carboxylic acids is 1. The second kappa shape index (κ2) is 6.76. The van der Waals surface area contributed by atoms with Crippen molar-refractivity contribution in [2.45, 2.75) is 0 Å². The SMILES string of the molecule is COc1ccc(C=C2N=C(c3ccc(OC)cc3Cl)OC2=O)cc1. The van der Waals surface area contributed by atoms with E-state index in [0.717, 1.165) is 11.3 Å². The first-order chi connectivity index (χ1) is 11.6. The zero-order valence-corrected chi connectivity index (χ0v) is 13.8. The molecule has 5 nitrogen and oxygen atoms in total. The lowest BCUT2D eigenvalue weighted by molar-refractivity contribution is -0.129. The molecule has 0 bridgehead atoms. The normalized spacial score (nSPS) is 15.2. The lowest BCUT2D eigenvalue weighted by atomic mass is 10.2. The van der Waals surface area contributed by atoms with Crippen LogP contribution in [-0.4, -0.2) is 26.1 Å². The maximum atomic E-state index is 12.0. The van der Waals surface area contributed by atoms with Crippen LogP contribution < -0.4 is 9.47 Å². The Morgan fingerprint density at radius 3 is 2.33 bits per heavy atom. The molecule has 0 saturated carbocycles. The molecule has 0 aromatic heterocycles. The molecule has 0 amide bonds. The van der Waals surface area contributed by atoms with Gasteiger partial charge in [-0.2, -0.15) is 0 Å². The van der Waals surface area contributed by atoms with Gasteiger partial charge in [-0.1, -0.05) is 23.7 Å². The highest BCUT2D eigenvalue weighted by Gasteiger charge is 2.25. The van der Waals surface area contributed by atoms with Crippen molar-refractivity contribution in [1.29, 1.82) is 0 Å². The number of esters is 1. The van der Waals surface area contributed by atoms with E-state index in [1.165, 1.54) is 0 Å². The van der Waals surface area contributed by atoms with Crippen LogP contribution in [0.3, 0.4) is 0 Å². The molecule has 0 spiro atoms. The minimum atomic E-state index is -0.521. The third-order valence-corrected chi connectivity index (χ3v) is 3.76. The summed E-state index contributed by atoms with van der Waals surface area (Å²) >= 11 is 6.19. The van der Waals surface area contributed by atoms with Gasteiger partial charge in [0.05, 0.1) is 24.8 Å². The first-order valence-corrected chi connectivity index (χ1v) is 7.49. The summed E-state index contributed by atoms with van der Waals surface area (Å²) in [5, 5.41) is 0.395. The van der Waals surface area contributed by atoms with Gasteiger partial charge in [0.2, 0.25) is 5.90 Å². The number of nitrogens with zero attached hydrogens (tertiary/aromatic N) is 1. The van der Waals surface area contributed by atoms with Crippen molar-refractivity contribution in [3.05, 3.63) is 64.3 Å². The standard InChI is InChI=1S/C18H14ClNO4/c1-22-12-5-3-11(4-6-12)9-16-18(21)24-17(20-16)14-8-7-13(23-2)10-15(14)19/h3-10H,1-2H3. The van der Waals surface area contributed by atoms with E-state index in [4.69, 9.17) is 25.8 Å². The van der Waals surface area contributed by atoms with Crippen molar-refractivity contribution in [2.24, 2.45) is 4.99 Å². The van der Waals surface area contributed by atoms with E-state index in [2.05, 4.69) is 4.99 Å². The van der Waals surface area contributed by atoms with E-state index >= 15 is 0 Å². The van der Waals surface area contributed by atoms with Gasteiger partial charge in [0.15, 0.2) is 5.70 Å². The predicted octanol–water partition coefficient (Wildman–Crippen LogP) is 3.70. The zero-order valence-electron chi connectivity index (χ0n) is 13.1. The van der Waals surface area contributed by atoms with Crippen LogP contribution in [0, 0.1) is 0 Å². The predicted molar refractivity (Wildman–Crippen MR) is 91.6 cm³/mol. The van der Waals surface area contributed by atoms with Crippen molar-refractivity contribution < 1.29 is 19.0 Å². The first kappa shape index (κ1) is 16.1. The Balaban J connectivity index is 1.91. The molecule has 0 aliphatic carbocycles. The number of halogens is 1. The summed E-state index contributed by atoms with van der Waals surface area (Å²) in [4.78, 5) is 16.3. The molecule has 0 atom stereocenters. The number of ether oxygens (including phenoxy) is 3. The van der Waals surface area contributed by atoms with Crippen molar-refractivity contribution in [3.63, 3.8) is 0 Å². The van der Waals surface area contributed by atoms with Crippen LogP contribution in [0.25, 0.3) is 6.08 Å². The Morgan fingerprint density at radius 1 is 1.04 bits per heavy atom. The van der Waals surface area contributed by atoms with Crippen molar-refractivity contribution in [3.8, 4) is 11.5 Å². The molecule has 0 N–H and O–H groups in total. The molecule has 2 aromatic carbocycles. The molecule has 1 heterocycles. The molecule has 24 heavy (non-hydrogen) atoms. The molecule has 6 heteroatoms. The second-order valence-electron chi connectivity index (χ2n) is 4.95. The Morgan fingerprint density at radius 2 is 1.71 bits per heavy atom. The number of hydrogen-bond acceptors (Lipinski definition) is 5. The number of benzene rings is 2. The lowest BCUT2D eigenvalue weighted by Crippen LogP contribution is -2.06. The van der Waals surface area contributed by atoms with E-state index in [-0.39, 0.29) is 11.6 Å². The average Bonchev–Trinajstić information content (AvgIpc) is 2.95. The summed E-state index contributed by atoms with van der Waals surface area (Å²) in [6.45, 7) is 0. The van der Waals surface area contributed by atoms with Crippen LogP contribution in [-0.2, 0) is 9.53 Å². The molecular formula is C18H14ClNO4. The van der Waals surface area contributed by atoms with Gasteiger partial charge in [-0.3, -0.25) is 0 Å². The van der Waals surface area contributed by atoms with Crippen molar-refractivity contribution in [2.75, 3.05) is 14.2 Å². The molecular weight excluding hydrogens is 330 g/mol. The van der Waals surface area contributed by atoms with Gasteiger partial charge in [-0.25, -0.2) is 9.79 Å². The molecule has 0 radical (unpaired) electrons. The van der Waals surface area contributed by atoms with E-state index in [1.54, 1.807) is 50.6 Å². The highest BCUT2D eigenvalue weighted by molar-refractivity contribution is 6.34. The van der Waals surface area contributed by atoms with Crippen molar-refractivity contribution in [1.82, 2.24) is 0 Å². The van der Waals surface area contributed by atoms with Crippen LogP contribution in [0.2, 0.25) is 5.02 Å². The molecule has 1 aliphatic rings. The molecule has 0 fully saturated rings. The summed E-state index contributed by atoms with van der Waals surface area (Å²) in [5.41, 5.74) is 1.56. The Bertz CT molecular complexity index is 841. The van der Waals surface area contributed by atoms with Crippen LogP contribution in [0.5, 0.6) is 11.5 Å².